The van der Waals surface area contributed by atoms with Crippen LogP contribution < -0.4 is 14.0 Å². The summed E-state index contributed by atoms with van der Waals surface area (Å²) in [5, 5.41) is 2.68. The van der Waals surface area contributed by atoms with Crippen LogP contribution in [0.15, 0.2) is 34.4 Å². The average Bonchev–Trinajstić information content (AvgIpc) is 2.94. The van der Waals surface area contributed by atoms with Crippen molar-refractivity contribution < 1.29 is 4.74 Å². The molecule has 0 aliphatic carbocycles. The number of aromatic nitrogens is 2. The molecule has 0 saturated carbocycles. The van der Waals surface area contributed by atoms with Gasteiger partial charge in [0.1, 0.15) is 0 Å². The molecule has 0 atom stereocenters. The molecule has 1 N–H and O–H groups in total. The second kappa shape index (κ2) is 6.27. The van der Waals surface area contributed by atoms with Crippen LogP contribution in [0.4, 0.5) is 0 Å². The van der Waals surface area contributed by atoms with Gasteiger partial charge in [0.2, 0.25) is 0 Å². The second-order valence-electron chi connectivity index (χ2n) is 5.20. The van der Waals surface area contributed by atoms with Crippen LogP contribution in [0.2, 0.25) is 4.71 Å². The molecule has 3 aromatic rings. The molecule has 0 aliphatic heterocycles. The van der Waals surface area contributed by atoms with Crippen molar-refractivity contribution in [1.29, 1.82) is 0 Å². The minimum atomic E-state index is -0.00178. The number of fused-ring (bicyclic) bond motifs is 1. The first kappa shape index (κ1) is 15.3. The van der Waals surface area contributed by atoms with Crippen LogP contribution in [0.3, 0.4) is 0 Å². The number of benzene rings is 1. The van der Waals surface area contributed by atoms with Gasteiger partial charge in [-0.05, 0) is 0 Å². The average molecular weight is 375 g/mol. The third kappa shape index (κ3) is 3.11. The molecule has 0 spiro atoms. The summed E-state index contributed by atoms with van der Waals surface area (Å²) in [7, 11) is 1.62. The molecule has 1 radical (unpaired) electrons. The van der Waals surface area contributed by atoms with Crippen molar-refractivity contribution in [3.05, 3.63) is 39.9 Å². The standard InChI is InChI=1S/C16H16AsN2O2S/c1-9(2)17-16-19-14(8-22-16)13-7-15(20)11-5-4-10(21-3)6-12(11)18-13/h4-9H,1-3H3,(H,18,20). The van der Waals surface area contributed by atoms with Gasteiger partial charge in [0.05, 0.1) is 0 Å². The Hall–Kier alpha value is -1.58. The molecular formula is C16H16AsN2O2S. The van der Waals surface area contributed by atoms with Crippen molar-refractivity contribution in [3.8, 4) is 17.1 Å². The zero-order valence-electron chi connectivity index (χ0n) is 12.6. The Morgan fingerprint density at radius 3 is 2.86 bits per heavy atom. The van der Waals surface area contributed by atoms with Crippen molar-refractivity contribution in [2.75, 3.05) is 7.11 Å². The Kier molecular flexibility index (Phi) is 4.36. The van der Waals surface area contributed by atoms with E-state index in [0.717, 1.165) is 22.7 Å². The van der Waals surface area contributed by atoms with Crippen LogP contribution in [0.5, 0.6) is 5.75 Å². The summed E-state index contributed by atoms with van der Waals surface area (Å²) >= 11 is 1.77. The number of rotatable bonds is 4. The van der Waals surface area contributed by atoms with Crippen LogP contribution in [0, 0.1) is 0 Å². The van der Waals surface area contributed by atoms with Gasteiger partial charge in [-0.3, -0.25) is 0 Å². The number of methoxy groups -OCH3 is 1. The molecule has 3 rings (SSSR count). The Balaban J connectivity index is 2.07. The maximum atomic E-state index is 12.3. The second-order valence-corrected chi connectivity index (χ2v) is 10.3. The minimum absolute atomic E-state index is 0.00178. The summed E-state index contributed by atoms with van der Waals surface area (Å²) < 4.78 is 7.07. The number of pyridine rings is 1. The number of hydrogen-bond acceptors (Lipinski definition) is 4. The molecule has 2 aromatic heterocycles. The quantitative estimate of drug-likeness (QED) is 0.714. The molecule has 0 unspecified atom stereocenters. The fourth-order valence-electron chi connectivity index (χ4n) is 2.16. The summed E-state index contributed by atoms with van der Waals surface area (Å²) in [6.07, 6.45) is 0. The summed E-state index contributed by atoms with van der Waals surface area (Å²) in [4.78, 5) is 20.2. The van der Waals surface area contributed by atoms with E-state index in [-0.39, 0.29) is 21.2 Å². The Morgan fingerprint density at radius 2 is 2.14 bits per heavy atom. The fraction of sp³-hybridized carbons (Fsp3) is 0.250. The number of thiazole rings is 1. The number of hydrogen-bond donors (Lipinski definition) is 1. The monoisotopic (exact) mass is 375 g/mol. The summed E-state index contributed by atoms with van der Waals surface area (Å²) in [5.41, 5.74) is 2.38. The topological polar surface area (TPSA) is 55.0 Å². The Morgan fingerprint density at radius 1 is 1.32 bits per heavy atom. The summed E-state index contributed by atoms with van der Waals surface area (Å²) in [6.45, 7) is 4.43. The van der Waals surface area contributed by atoms with Crippen LogP contribution in [-0.2, 0) is 0 Å². The van der Waals surface area contributed by atoms with Crippen molar-refractivity contribution >= 4 is 41.8 Å². The molecule has 2 heterocycles. The molecule has 6 heteroatoms. The molecule has 0 saturated heterocycles. The predicted molar refractivity (Wildman–Crippen MR) is 92.7 cm³/mol. The Bertz CT molecular complexity index is 870. The first-order valence-electron chi connectivity index (χ1n) is 6.94. The molecule has 0 fully saturated rings. The van der Waals surface area contributed by atoms with E-state index in [0.29, 0.717) is 10.1 Å². The van der Waals surface area contributed by atoms with Gasteiger partial charge in [-0.2, -0.15) is 0 Å². The van der Waals surface area contributed by atoms with Crippen LogP contribution in [0.25, 0.3) is 22.3 Å². The fourth-order valence-corrected chi connectivity index (χ4v) is 5.86. The molecule has 0 bridgehead atoms. The van der Waals surface area contributed by atoms with Gasteiger partial charge >= 0.3 is 139 Å². The first-order chi connectivity index (χ1) is 10.6. The van der Waals surface area contributed by atoms with E-state index in [1.54, 1.807) is 36.6 Å². The van der Waals surface area contributed by atoms with Crippen LogP contribution >= 0.6 is 11.3 Å². The number of H-pyrrole nitrogens is 1. The first-order valence-corrected chi connectivity index (χ1v) is 9.85. The molecule has 22 heavy (non-hydrogen) atoms. The Labute approximate surface area is 139 Å². The van der Waals surface area contributed by atoms with Gasteiger partial charge in [-0.15, -0.1) is 0 Å². The SMILES string of the molecule is COc1ccc2c(=O)cc(-c3csc([As]C(C)C)n3)[nH]c2c1. The van der Waals surface area contributed by atoms with E-state index < -0.39 is 0 Å². The van der Waals surface area contributed by atoms with Gasteiger partial charge < -0.3 is 0 Å². The normalized spacial score (nSPS) is 11.8. The van der Waals surface area contributed by atoms with E-state index in [2.05, 4.69) is 23.8 Å². The molecule has 0 aliphatic rings. The van der Waals surface area contributed by atoms with Crippen molar-refractivity contribution in [2.24, 2.45) is 0 Å². The van der Waals surface area contributed by atoms with E-state index in [9.17, 15) is 4.79 Å². The van der Waals surface area contributed by atoms with Crippen molar-refractivity contribution in [2.45, 2.75) is 18.6 Å². The number of aromatic amines is 1. The van der Waals surface area contributed by atoms with E-state index in [4.69, 9.17) is 4.74 Å². The van der Waals surface area contributed by atoms with E-state index >= 15 is 0 Å². The zero-order chi connectivity index (χ0) is 15.7. The number of nitrogens with one attached hydrogen (secondary N) is 1. The van der Waals surface area contributed by atoms with Crippen LogP contribution in [-0.4, -0.2) is 32.8 Å². The third-order valence-corrected chi connectivity index (χ3v) is 6.78. The van der Waals surface area contributed by atoms with Gasteiger partial charge in [-0.1, -0.05) is 0 Å². The van der Waals surface area contributed by atoms with Crippen molar-refractivity contribution in [3.63, 3.8) is 0 Å². The van der Waals surface area contributed by atoms with Crippen molar-refractivity contribution in [1.82, 2.24) is 9.97 Å². The molecular weight excluding hydrogens is 359 g/mol. The predicted octanol–water partition coefficient (Wildman–Crippen LogP) is 2.82. The van der Waals surface area contributed by atoms with Gasteiger partial charge in [0.15, 0.2) is 0 Å². The van der Waals surface area contributed by atoms with Gasteiger partial charge in [0.25, 0.3) is 0 Å². The van der Waals surface area contributed by atoms with E-state index in [1.807, 2.05) is 11.4 Å². The third-order valence-electron chi connectivity index (χ3n) is 3.17. The zero-order valence-corrected chi connectivity index (χ0v) is 15.3. The molecule has 0 amide bonds. The number of ether oxygens (including phenoxy) is 1. The molecule has 113 valence electrons. The summed E-state index contributed by atoms with van der Waals surface area (Å²) in [6, 6.07) is 7.05. The summed E-state index contributed by atoms with van der Waals surface area (Å²) in [5.74, 6) is 0.726. The number of nitrogens with zero attached hydrogens (tertiary/aromatic N) is 1. The van der Waals surface area contributed by atoms with Gasteiger partial charge in [0, 0.05) is 0 Å². The van der Waals surface area contributed by atoms with E-state index in [1.165, 1.54) is 3.80 Å². The van der Waals surface area contributed by atoms with Crippen LogP contribution in [0.1, 0.15) is 13.8 Å². The molecule has 1 aromatic carbocycles. The maximum absolute atomic E-state index is 12.3. The van der Waals surface area contributed by atoms with Gasteiger partial charge in [-0.25, -0.2) is 0 Å². The molecule has 4 nitrogen and oxygen atoms in total.